The van der Waals surface area contributed by atoms with Gasteiger partial charge in [0.1, 0.15) is 6.61 Å². The predicted octanol–water partition coefficient (Wildman–Crippen LogP) is 4.61. The second-order valence-electron chi connectivity index (χ2n) is 5.16. The summed E-state index contributed by atoms with van der Waals surface area (Å²) in [6.45, 7) is 1.59. The van der Waals surface area contributed by atoms with Crippen LogP contribution in [-0.2, 0) is 12.8 Å². The molecule has 0 aliphatic carbocycles. The van der Waals surface area contributed by atoms with Crippen LogP contribution in [0.4, 0.5) is 17.6 Å². The molecular weight excluding hydrogens is 312 g/mol. The molecule has 0 bridgehead atoms. The summed E-state index contributed by atoms with van der Waals surface area (Å²) >= 11 is 0. The van der Waals surface area contributed by atoms with E-state index >= 15 is 0 Å². The highest BCUT2D eigenvalue weighted by molar-refractivity contribution is 5.82. The molecule has 0 saturated heterocycles. The maximum atomic E-state index is 14.3. The van der Waals surface area contributed by atoms with Gasteiger partial charge in [-0.25, -0.2) is 4.39 Å². The summed E-state index contributed by atoms with van der Waals surface area (Å²) in [7, 11) is 0. The van der Waals surface area contributed by atoms with E-state index < -0.39 is 17.6 Å². The Morgan fingerprint density at radius 3 is 2.70 bits per heavy atom. The zero-order chi connectivity index (χ0) is 16.6. The van der Waals surface area contributed by atoms with Crippen LogP contribution >= 0.6 is 0 Å². The number of aromatic amines is 1. The Kier molecular flexibility index (Phi) is 3.71. The number of hydrogen-bond acceptors (Lipinski definition) is 2. The van der Waals surface area contributed by atoms with Crippen molar-refractivity contribution in [2.45, 2.75) is 19.7 Å². The fourth-order valence-electron chi connectivity index (χ4n) is 2.28. The fourth-order valence-corrected chi connectivity index (χ4v) is 2.28. The number of nitrogens with zero attached hydrogens (tertiary/aromatic N) is 1. The lowest BCUT2D eigenvalue weighted by Gasteiger charge is -2.10. The fraction of sp³-hybridized carbons (Fsp3) is 0.188. The van der Waals surface area contributed by atoms with Gasteiger partial charge in [0.25, 0.3) is 0 Å². The minimum Gasteiger partial charge on any atom is -0.486 e. The summed E-state index contributed by atoms with van der Waals surface area (Å²) in [6.07, 6.45) is -2.49. The summed E-state index contributed by atoms with van der Waals surface area (Å²) in [6, 6.07) is 5.67. The number of aryl methyl sites for hydroxylation is 1. The van der Waals surface area contributed by atoms with Crippen LogP contribution in [0.2, 0.25) is 0 Å². The number of aromatic nitrogens is 2. The molecule has 2 heterocycles. The number of rotatable bonds is 3. The van der Waals surface area contributed by atoms with Crippen molar-refractivity contribution in [1.82, 2.24) is 9.97 Å². The molecule has 0 radical (unpaired) electrons. The monoisotopic (exact) mass is 324 g/mol. The first kappa shape index (κ1) is 15.3. The summed E-state index contributed by atoms with van der Waals surface area (Å²) in [5.74, 6) is -0.569. The van der Waals surface area contributed by atoms with Crippen molar-refractivity contribution in [3.8, 4) is 5.75 Å². The van der Waals surface area contributed by atoms with Gasteiger partial charge in [-0.1, -0.05) is 0 Å². The van der Waals surface area contributed by atoms with E-state index in [-0.39, 0.29) is 17.9 Å². The van der Waals surface area contributed by atoms with E-state index in [1.54, 1.807) is 19.1 Å². The normalized spacial score (nSPS) is 11.9. The van der Waals surface area contributed by atoms with Crippen molar-refractivity contribution in [3.63, 3.8) is 0 Å². The van der Waals surface area contributed by atoms with Crippen LogP contribution in [-0.4, -0.2) is 9.97 Å². The van der Waals surface area contributed by atoms with Gasteiger partial charge in [0.2, 0.25) is 0 Å². The molecule has 0 aliphatic heterocycles. The minimum atomic E-state index is -4.48. The molecule has 3 nitrogen and oxygen atoms in total. The number of benzene rings is 1. The molecule has 3 rings (SSSR count). The Bertz CT molecular complexity index is 855. The maximum absolute atomic E-state index is 14.3. The zero-order valence-corrected chi connectivity index (χ0v) is 12.0. The number of fused-ring (bicyclic) bond motifs is 1. The smallest absolute Gasteiger partial charge is 0.417 e. The summed E-state index contributed by atoms with van der Waals surface area (Å²) in [5.41, 5.74) is 0.784. The van der Waals surface area contributed by atoms with E-state index in [2.05, 4.69) is 9.97 Å². The third kappa shape index (κ3) is 3.13. The molecular formula is C16H12F4N2O. The Labute approximate surface area is 128 Å². The Morgan fingerprint density at radius 2 is 1.96 bits per heavy atom. The molecule has 0 spiro atoms. The van der Waals surface area contributed by atoms with E-state index in [9.17, 15) is 17.6 Å². The van der Waals surface area contributed by atoms with Crippen LogP contribution in [0.5, 0.6) is 5.75 Å². The Hall–Kier alpha value is -2.57. The number of hydrogen-bond donors (Lipinski definition) is 1. The van der Waals surface area contributed by atoms with Crippen LogP contribution in [0, 0.1) is 12.7 Å². The van der Waals surface area contributed by atoms with Crippen molar-refractivity contribution in [3.05, 3.63) is 59.3 Å². The van der Waals surface area contributed by atoms with Crippen LogP contribution < -0.4 is 4.74 Å². The van der Waals surface area contributed by atoms with Gasteiger partial charge < -0.3 is 9.72 Å². The molecule has 23 heavy (non-hydrogen) atoms. The standard InChI is InChI=1S/C16H12F4N2O/c1-9-4-12-13(22-9)2-3-14(15(12)17)23-8-10-5-11(7-21-6-10)16(18,19)20/h2-7,22H,8H2,1H3. The average Bonchev–Trinajstić information content (AvgIpc) is 2.87. The predicted molar refractivity (Wildman–Crippen MR) is 76.6 cm³/mol. The van der Waals surface area contributed by atoms with Gasteiger partial charge in [-0.2, -0.15) is 13.2 Å². The van der Waals surface area contributed by atoms with Crippen molar-refractivity contribution in [2.75, 3.05) is 0 Å². The molecule has 120 valence electrons. The molecule has 0 unspecified atom stereocenters. The summed E-state index contributed by atoms with van der Waals surface area (Å²) in [5, 5.41) is 0.377. The second-order valence-corrected chi connectivity index (χ2v) is 5.16. The first-order valence-electron chi connectivity index (χ1n) is 6.76. The third-order valence-corrected chi connectivity index (χ3v) is 3.35. The highest BCUT2D eigenvalue weighted by atomic mass is 19.4. The van der Waals surface area contributed by atoms with E-state index in [0.29, 0.717) is 10.9 Å². The maximum Gasteiger partial charge on any atom is 0.417 e. The first-order chi connectivity index (χ1) is 10.8. The third-order valence-electron chi connectivity index (χ3n) is 3.35. The van der Waals surface area contributed by atoms with Crippen LogP contribution in [0.1, 0.15) is 16.8 Å². The highest BCUT2D eigenvalue weighted by Crippen LogP contribution is 2.30. The number of pyridine rings is 1. The molecule has 0 saturated carbocycles. The van der Waals surface area contributed by atoms with Crippen LogP contribution in [0.15, 0.2) is 36.7 Å². The molecule has 0 atom stereocenters. The lowest BCUT2D eigenvalue weighted by molar-refractivity contribution is -0.137. The first-order valence-corrected chi connectivity index (χ1v) is 6.76. The number of alkyl halides is 3. The molecule has 0 amide bonds. The number of halogens is 4. The molecule has 2 aromatic heterocycles. The Balaban J connectivity index is 1.82. The quantitative estimate of drug-likeness (QED) is 0.715. The van der Waals surface area contributed by atoms with Crippen molar-refractivity contribution in [2.24, 2.45) is 0 Å². The van der Waals surface area contributed by atoms with Gasteiger partial charge in [-0.3, -0.25) is 4.98 Å². The van der Waals surface area contributed by atoms with E-state index in [1.165, 1.54) is 12.3 Å². The SMILES string of the molecule is Cc1cc2c(F)c(OCc3cncc(C(F)(F)F)c3)ccc2[nH]1. The van der Waals surface area contributed by atoms with Crippen LogP contribution in [0.3, 0.4) is 0 Å². The molecule has 7 heteroatoms. The van der Waals surface area contributed by atoms with Crippen molar-refractivity contribution >= 4 is 10.9 Å². The molecule has 1 N–H and O–H groups in total. The molecule has 3 aromatic rings. The summed E-state index contributed by atoms with van der Waals surface area (Å²) < 4.78 is 57.5. The lowest BCUT2D eigenvalue weighted by atomic mass is 10.2. The highest BCUT2D eigenvalue weighted by Gasteiger charge is 2.31. The van der Waals surface area contributed by atoms with Gasteiger partial charge in [0.15, 0.2) is 11.6 Å². The lowest BCUT2D eigenvalue weighted by Crippen LogP contribution is -2.07. The number of H-pyrrole nitrogens is 1. The average molecular weight is 324 g/mol. The van der Waals surface area contributed by atoms with Crippen LogP contribution in [0.25, 0.3) is 10.9 Å². The van der Waals surface area contributed by atoms with E-state index in [1.807, 2.05) is 0 Å². The molecule has 0 aliphatic rings. The Morgan fingerprint density at radius 1 is 1.17 bits per heavy atom. The van der Waals surface area contributed by atoms with Gasteiger partial charge in [0, 0.05) is 34.6 Å². The summed E-state index contributed by atoms with van der Waals surface area (Å²) in [4.78, 5) is 6.53. The van der Waals surface area contributed by atoms with E-state index in [4.69, 9.17) is 4.74 Å². The van der Waals surface area contributed by atoms with Gasteiger partial charge in [-0.15, -0.1) is 0 Å². The minimum absolute atomic E-state index is 0.0195. The molecule has 1 aromatic carbocycles. The topological polar surface area (TPSA) is 37.9 Å². The van der Waals surface area contributed by atoms with Crippen molar-refractivity contribution < 1.29 is 22.3 Å². The largest absolute Gasteiger partial charge is 0.486 e. The van der Waals surface area contributed by atoms with Gasteiger partial charge >= 0.3 is 6.18 Å². The van der Waals surface area contributed by atoms with Gasteiger partial charge in [0.05, 0.1) is 5.56 Å². The van der Waals surface area contributed by atoms with E-state index in [0.717, 1.165) is 18.0 Å². The number of ether oxygens (including phenoxy) is 1. The zero-order valence-electron chi connectivity index (χ0n) is 12.0. The second kappa shape index (κ2) is 5.57. The number of nitrogens with one attached hydrogen (secondary N) is 1. The van der Waals surface area contributed by atoms with Crippen molar-refractivity contribution in [1.29, 1.82) is 0 Å². The molecule has 0 fully saturated rings. The van der Waals surface area contributed by atoms with Gasteiger partial charge in [-0.05, 0) is 31.2 Å².